The molecule has 0 atom stereocenters. The Hall–Kier alpha value is -1.30. The molecule has 92 valence electrons. The molecule has 17 heavy (non-hydrogen) atoms. The van der Waals surface area contributed by atoms with Crippen molar-refractivity contribution in [1.29, 1.82) is 0 Å². The molecule has 1 fully saturated rings. The number of anilines is 1. The van der Waals surface area contributed by atoms with Gasteiger partial charge in [0.15, 0.2) is 5.82 Å². The molecule has 1 aliphatic rings. The first-order valence-corrected chi connectivity index (χ1v) is 6.66. The molecule has 0 radical (unpaired) electrons. The summed E-state index contributed by atoms with van der Waals surface area (Å²) in [6.45, 7) is 1.97. The summed E-state index contributed by atoms with van der Waals surface area (Å²) in [6.07, 6.45) is 6.86. The minimum atomic E-state index is -0.828. The molecule has 1 saturated heterocycles. The molecule has 6 heteroatoms. The Balaban J connectivity index is 2.11. The number of hydrogen-bond donors (Lipinski definition) is 1. The Morgan fingerprint density at radius 1 is 1.29 bits per heavy atom. The summed E-state index contributed by atoms with van der Waals surface area (Å²) < 4.78 is 0. The zero-order valence-electron chi connectivity index (χ0n) is 9.50. The van der Waals surface area contributed by atoms with E-state index >= 15 is 0 Å². The predicted octanol–water partition coefficient (Wildman–Crippen LogP) is 1.64. The molecule has 1 aliphatic heterocycles. The lowest BCUT2D eigenvalue weighted by molar-refractivity contribution is -0.133. The summed E-state index contributed by atoms with van der Waals surface area (Å²) in [4.78, 5) is 21.3. The minimum Gasteiger partial charge on any atom is -0.481 e. The van der Waals surface area contributed by atoms with Gasteiger partial charge < -0.3 is 10.0 Å². The number of hydrogen-bond acceptors (Lipinski definition) is 5. The van der Waals surface area contributed by atoms with E-state index < -0.39 is 5.97 Å². The first-order chi connectivity index (χ1) is 8.27. The maximum atomic E-state index is 10.6. The fraction of sp³-hybridized carbons (Fsp3) is 0.545. The molecule has 0 amide bonds. The van der Waals surface area contributed by atoms with E-state index in [1.165, 1.54) is 31.0 Å². The van der Waals surface area contributed by atoms with Gasteiger partial charge in [0.25, 0.3) is 0 Å². The van der Waals surface area contributed by atoms with E-state index in [0.29, 0.717) is 0 Å². The van der Waals surface area contributed by atoms with Gasteiger partial charge in [-0.2, -0.15) is 0 Å². The van der Waals surface area contributed by atoms with Crippen LogP contribution in [0.1, 0.15) is 19.3 Å². The number of carboxylic acid groups (broad SMARTS) is 1. The van der Waals surface area contributed by atoms with E-state index in [0.717, 1.165) is 23.9 Å². The van der Waals surface area contributed by atoms with Crippen LogP contribution in [-0.4, -0.2) is 39.9 Å². The lowest BCUT2D eigenvalue weighted by Crippen LogP contribution is -2.30. The van der Waals surface area contributed by atoms with Gasteiger partial charge in [0.2, 0.25) is 0 Å². The highest BCUT2D eigenvalue weighted by Crippen LogP contribution is 2.27. The standard InChI is InChI=1S/C11H15N3O2S/c15-9(16)8-17-11-10(12-4-5-13-11)14-6-2-1-3-7-14/h4-5H,1-3,6-8H2,(H,15,16). The zero-order chi connectivity index (χ0) is 12.1. The van der Waals surface area contributed by atoms with Crippen LogP contribution in [-0.2, 0) is 4.79 Å². The second kappa shape index (κ2) is 5.86. The topological polar surface area (TPSA) is 66.3 Å². The van der Waals surface area contributed by atoms with Crippen molar-refractivity contribution in [3.05, 3.63) is 12.4 Å². The number of aliphatic carboxylic acids is 1. The summed E-state index contributed by atoms with van der Waals surface area (Å²) in [5, 5.41) is 9.41. The molecule has 1 aromatic rings. The van der Waals surface area contributed by atoms with Crippen LogP contribution >= 0.6 is 11.8 Å². The van der Waals surface area contributed by atoms with Crippen molar-refractivity contribution in [3.63, 3.8) is 0 Å². The first kappa shape index (κ1) is 12.2. The van der Waals surface area contributed by atoms with Gasteiger partial charge in [-0.15, -0.1) is 0 Å². The molecule has 0 aromatic carbocycles. The third-order valence-corrected chi connectivity index (χ3v) is 3.59. The molecule has 5 nitrogen and oxygen atoms in total. The molecule has 2 heterocycles. The summed E-state index contributed by atoms with van der Waals surface area (Å²) >= 11 is 1.23. The van der Waals surface area contributed by atoms with Gasteiger partial charge >= 0.3 is 5.97 Å². The maximum Gasteiger partial charge on any atom is 0.313 e. The van der Waals surface area contributed by atoms with E-state index in [2.05, 4.69) is 14.9 Å². The van der Waals surface area contributed by atoms with Crippen molar-refractivity contribution < 1.29 is 9.90 Å². The molecule has 1 aromatic heterocycles. The van der Waals surface area contributed by atoms with E-state index in [4.69, 9.17) is 5.11 Å². The highest BCUT2D eigenvalue weighted by atomic mass is 32.2. The Morgan fingerprint density at radius 3 is 2.71 bits per heavy atom. The number of piperidine rings is 1. The average Bonchev–Trinajstić information content (AvgIpc) is 2.38. The fourth-order valence-electron chi connectivity index (χ4n) is 1.87. The lowest BCUT2D eigenvalue weighted by Gasteiger charge is -2.28. The minimum absolute atomic E-state index is 0.0273. The Bertz CT molecular complexity index is 394. The number of rotatable bonds is 4. The van der Waals surface area contributed by atoms with E-state index in [9.17, 15) is 4.79 Å². The molecule has 0 saturated carbocycles. The van der Waals surface area contributed by atoms with Gasteiger partial charge in [0.05, 0.1) is 5.75 Å². The zero-order valence-corrected chi connectivity index (χ0v) is 10.3. The molecule has 1 N–H and O–H groups in total. The largest absolute Gasteiger partial charge is 0.481 e. The third kappa shape index (κ3) is 3.33. The summed E-state index contributed by atoms with van der Waals surface area (Å²) in [7, 11) is 0. The second-order valence-electron chi connectivity index (χ2n) is 3.92. The molecule has 0 unspecified atom stereocenters. The molecule has 0 spiro atoms. The van der Waals surface area contributed by atoms with Gasteiger partial charge in [-0.1, -0.05) is 11.8 Å². The van der Waals surface area contributed by atoms with E-state index in [1.807, 2.05) is 0 Å². The third-order valence-electron chi connectivity index (χ3n) is 2.63. The van der Waals surface area contributed by atoms with E-state index in [-0.39, 0.29) is 5.75 Å². The van der Waals surface area contributed by atoms with Crippen LogP contribution in [0, 0.1) is 0 Å². The molecule has 2 rings (SSSR count). The van der Waals surface area contributed by atoms with Gasteiger partial charge in [-0.05, 0) is 19.3 Å². The van der Waals surface area contributed by atoms with Gasteiger partial charge in [0.1, 0.15) is 5.03 Å². The maximum absolute atomic E-state index is 10.6. The highest BCUT2D eigenvalue weighted by molar-refractivity contribution is 8.00. The number of carboxylic acids is 1. The van der Waals surface area contributed by atoms with Crippen molar-refractivity contribution in [2.75, 3.05) is 23.7 Å². The van der Waals surface area contributed by atoms with E-state index in [1.54, 1.807) is 12.4 Å². The van der Waals surface area contributed by atoms with Gasteiger partial charge in [-0.3, -0.25) is 4.79 Å². The van der Waals surface area contributed by atoms with Crippen LogP contribution in [0.2, 0.25) is 0 Å². The van der Waals surface area contributed by atoms with Crippen LogP contribution in [0.5, 0.6) is 0 Å². The molecule has 0 aliphatic carbocycles. The average molecular weight is 253 g/mol. The van der Waals surface area contributed by atoms with Crippen LogP contribution in [0.15, 0.2) is 17.4 Å². The lowest BCUT2D eigenvalue weighted by atomic mass is 10.1. The number of thioether (sulfide) groups is 1. The Labute approximate surface area is 104 Å². The Kier molecular flexibility index (Phi) is 4.19. The number of carbonyl (C=O) groups is 1. The summed E-state index contributed by atoms with van der Waals surface area (Å²) in [6, 6.07) is 0. The van der Waals surface area contributed by atoms with Crippen molar-refractivity contribution in [2.45, 2.75) is 24.3 Å². The molecular weight excluding hydrogens is 238 g/mol. The van der Waals surface area contributed by atoms with Crippen LogP contribution in [0.25, 0.3) is 0 Å². The van der Waals surface area contributed by atoms with Crippen molar-refractivity contribution in [3.8, 4) is 0 Å². The monoisotopic (exact) mass is 253 g/mol. The van der Waals surface area contributed by atoms with Crippen molar-refractivity contribution in [2.24, 2.45) is 0 Å². The second-order valence-corrected chi connectivity index (χ2v) is 4.88. The van der Waals surface area contributed by atoms with Gasteiger partial charge in [-0.25, -0.2) is 9.97 Å². The highest BCUT2D eigenvalue weighted by Gasteiger charge is 2.17. The normalized spacial score (nSPS) is 15.9. The Morgan fingerprint density at radius 2 is 2.00 bits per heavy atom. The smallest absolute Gasteiger partial charge is 0.313 e. The first-order valence-electron chi connectivity index (χ1n) is 5.68. The summed E-state index contributed by atoms with van der Waals surface area (Å²) in [5.41, 5.74) is 0. The van der Waals surface area contributed by atoms with Crippen molar-refractivity contribution >= 4 is 23.5 Å². The van der Waals surface area contributed by atoms with Crippen molar-refractivity contribution in [1.82, 2.24) is 9.97 Å². The summed E-state index contributed by atoms with van der Waals surface area (Å²) in [5.74, 6) is 0.0307. The molecular formula is C11H15N3O2S. The van der Waals surface area contributed by atoms with Gasteiger partial charge in [0, 0.05) is 25.5 Å². The fourth-order valence-corrected chi connectivity index (χ4v) is 2.58. The number of nitrogens with zero attached hydrogens (tertiary/aromatic N) is 3. The quantitative estimate of drug-likeness (QED) is 0.823. The van der Waals surface area contributed by atoms with Crippen LogP contribution < -0.4 is 4.90 Å². The molecule has 0 bridgehead atoms. The van der Waals surface area contributed by atoms with Crippen LogP contribution in [0.4, 0.5) is 5.82 Å². The predicted molar refractivity (Wildman–Crippen MR) is 66.5 cm³/mol. The SMILES string of the molecule is O=C(O)CSc1nccnc1N1CCCCC1. The van der Waals surface area contributed by atoms with Crippen LogP contribution in [0.3, 0.4) is 0 Å². The number of aromatic nitrogens is 2.